The van der Waals surface area contributed by atoms with Crippen molar-refractivity contribution in [3.63, 3.8) is 0 Å². The van der Waals surface area contributed by atoms with Crippen LogP contribution in [0.2, 0.25) is 0 Å². The number of nitrogens with zero attached hydrogens (tertiary/aromatic N) is 3. The molecule has 3 aromatic rings. The number of methoxy groups -OCH3 is 1. The smallest absolute Gasteiger partial charge is 0.234 e. The second-order valence-electron chi connectivity index (χ2n) is 7.63. The maximum absolute atomic E-state index is 13.3. The van der Waals surface area contributed by atoms with Crippen molar-refractivity contribution in [1.82, 2.24) is 14.8 Å². The fourth-order valence-corrected chi connectivity index (χ4v) is 3.80. The van der Waals surface area contributed by atoms with Gasteiger partial charge in [0.05, 0.1) is 12.9 Å². The van der Waals surface area contributed by atoms with Gasteiger partial charge in [0.2, 0.25) is 5.91 Å². The Bertz CT molecular complexity index is 1040. The van der Waals surface area contributed by atoms with E-state index in [0.29, 0.717) is 34.9 Å². The van der Waals surface area contributed by atoms with Crippen LogP contribution in [0.5, 0.6) is 11.5 Å². The number of thioether (sulfide) groups is 1. The average molecular weight is 459 g/mol. The minimum absolute atomic E-state index is 0.125. The van der Waals surface area contributed by atoms with Crippen LogP contribution in [-0.4, -0.2) is 33.5 Å². The predicted molar refractivity (Wildman–Crippen MR) is 123 cm³/mol. The maximum atomic E-state index is 13.3. The molecule has 0 fully saturated rings. The van der Waals surface area contributed by atoms with E-state index in [9.17, 15) is 9.18 Å². The summed E-state index contributed by atoms with van der Waals surface area (Å²) >= 11 is 1.28. The van der Waals surface area contributed by atoms with Gasteiger partial charge in [0.1, 0.15) is 17.3 Å². The lowest BCUT2D eigenvalue weighted by molar-refractivity contribution is -0.113. The number of ether oxygens (including phenoxy) is 2. The summed E-state index contributed by atoms with van der Waals surface area (Å²) in [5.74, 6) is 1.96. The number of nitrogens with one attached hydrogen (secondary N) is 1. The van der Waals surface area contributed by atoms with Gasteiger partial charge in [0, 0.05) is 12.2 Å². The second kappa shape index (κ2) is 11.0. The van der Waals surface area contributed by atoms with E-state index in [0.717, 1.165) is 5.75 Å². The number of halogens is 1. The summed E-state index contributed by atoms with van der Waals surface area (Å²) < 4.78 is 26.5. The molecular weight excluding hydrogens is 431 g/mol. The molecular formula is C23H27FN4O3S. The lowest BCUT2D eigenvalue weighted by atomic mass is 10.2. The molecule has 32 heavy (non-hydrogen) atoms. The molecule has 0 spiro atoms. The van der Waals surface area contributed by atoms with Crippen LogP contribution in [0.15, 0.2) is 53.7 Å². The van der Waals surface area contributed by atoms with E-state index < -0.39 is 5.82 Å². The molecule has 7 nitrogen and oxygen atoms in total. The number of hydrogen-bond acceptors (Lipinski definition) is 6. The fourth-order valence-electron chi connectivity index (χ4n) is 3.05. The second-order valence-corrected chi connectivity index (χ2v) is 8.57. The number of carbonyl (C=O) groups is 1. The number of benzene rings is 2. The first-order valence-corrected chi connectivity index (χ1v) is 11.3. The third kappa shape index (κ3) is 6.46. The molecule has 1 heterocycles. The first-order valence-electron chi connectivity index (χ1n) is 10.3. The monoisotopic (exact) mass is 458 g/mol. The zero-order chi connectivity index (χ0) is 23.1. The zero-order valence-electron chi connectivity index (χ0n) is 18.5. The van der Waals surface area contributed by atoms with Gasteiger partial charge in [-0.15, -0.1) is 10.2 Å². The van der Waals surface area contributed by atoms with Crippen molar-refractivity contribution in [1.29, 1.82) is 0 Å². The Hall–Kier alpha value is -3.07. The van der Waals surface area contributed by atoms with Crippen LogP contribution in [0.4, 0.5) is 10.1 Å². The van der Waals surface area contributed by atoms with Crippen molar-refractivity contribution < 1.29 is 18.7 Å². The number of carbonyl (C=O) groups excluding carboxylic acids is 1. The molecule has 0 aliphatic rings. The van der Waals surface area contributed by atoms with E-state index in [-0.39, 0.29) is 17.8 Å². The summed E-state index contributed by atoms with van der Waals surface area (Å²) in [5, 5.41) is 11.9. The molecule has 1 unspecified atom stereocenters. The van der Waals surface area contributed by atoms with E-state index in [1.165, 1.54) is 23.9 Å². The number of amides is 1. The van der Waals surface area contributed by atoms with Crippen molar-refractivity contribution in [2.75, 3.05) is 18.2 Å². The molecule has 9 heteroatoms. The third-order valence-electron chi connectivity index (χ3n) is 4.47. The van der Waals surface area contributed by atoms with Crippen LogP contribution in [0.1, 0.15) is 32.7 Å². The Morgan fingerprint density at radius 2 is 1.84 bits per heavy atom. The third-order valence-corrected chi connectivity index (χ3v) is 5.44. The van der Waals surface area contributed by atoms with E-state index in [4.69, 9.17) is 9.47 Å². The van der Waals surface area contributed by atoms with Crippen LogP contribution in [0, 0.1) is 11.7 Å². The van der Waals surface area contributed by atoms with Crippen LogP contribution in [0.3, 0.4) is 0 Å². The summed E-state index contributed by atoms with van der Waals surface area (Å²) in [6.45, 7) is 6.80. The fraction of sp³-hybridized carbons (Fsp3) is 0.348. The normalized spacial score (nSPS) is 11.9. The molecule has 1 aromatic heterocycles. The van der Waals surface area contributed by atoms with Crippen LogP contribution < -0.4 is 14.8 Å². The number of hydrogen-bond donors (Lipinski definition) is 1. The summed E-state index contributed by atoms with van der Waals surface area (Å²) in [4.78, 5) is 12.3. The zero-order valence-corrected chi connectivity index (χ0v) is 19.4. The Labute approximate surface area is 191 Å². The predicted octanol–water partition coefficient (Wildman–Crippen LogP) is 4.95. The standard InChI is InChI=1S/C23H27FN4O3S/c1-15(2)13-28-22(16(3)31-20-10-8-19(30-4)9-11-20)26-27-23(28)32-14-21(29)25-18-7-5-6-17(24)12-18/h5-12,15-16H,13-14H2,1-4H3,(H,25,29). The SMILES string of the molecule is COc1ccc(OC(C)c2nnc(SCC(=O)Nc3cccc(F)c3)n2CC(C)C)cc1. The van der Waals surface area contributed by atoms with Gasteiger partial charge < -0.3 is 19.4 Å². The van der Waals surface area contributed by atoms with E-state index in [2.05, 4.69) is 29.4 Å². The highest BCUT2D eigenvalue weighted by molar-refractivity contribution is 7.99. The first-order chi connectivity index (χ1) is 15.4. The maximum Gasteiger partial charge on any atom is 0.234 e. The summed E-state index contributed by atoms with van der Waals surface area (Å²) in [6, 6.07) is 13.1. The van der Waals surface area contributed by atoms with Crippen LogP contribution in [0.25, 0.3) is 0 Å². The molecule has 1 atom stereocenters. The minimum Gasteiger partial charge on any atom is -0.497 e. The Balaban J connectivity index is 1.68. The van der Waals surface area contributed by atoms with Gasteiger partial charge in [-0.2, -0.15) is 0 Å². The molecule has 0 bridgehead atoms. The molecule has 0 saturated heterocycles. The van der Waals surface area contributed by atoms with Crippen LogP contribution >= 0.6 is 11.8 Å². The van der Waals surface area contributed by atoms with Gasteiger partial charge >= 0.3 is 0 Å². The number of rotatable bonds is 10. The van der Waals surface area contributed by atoms with Gasteiger partial charge in [0.25, 0.3) is 0 Å². The highest BCUT2D eigenvalue weighted by Crippen LogP contribution is 2.27. The van der Waals surface area contributed by atoms with Crippen molar-refractivity contribution in [2.24, 2.45) is 5.92 Å². The largest absolute Gasteiger partial charge is 0.497 e. The van der Waals surface area contributed by atoms with Crippen molar-refractivity contribution in [3.8, 4) is 11.5 Å². The highest BCUT2D eigenvalue weighted by atomic mass is 32.2. The quantitative estimate of drug-likeness (QED) is 0.433. The van der Waals surface area contributed by atoms with E-state index in [1.54, 1.807) is 19.2 Å². The molecule has 0 radical (unpaired) electrons. The van der Waals surface area contributed by atoms with Gasteiger partial charge in [-0.3, -0.25) is 4.79 Å². The summed E-state index contributed by atoms with van der Waals surface area (Å²) in [6.07, 6.45) is -0.342. The molecule has 3 rings (SSSR count). The van der Waals surface area contributed by atoms with Crippen molar-refractivity contribution in [2.45, 2.75) is 38.6 Å². The molecule has 1 amide bonds. The molecule has 170 valence electrons. The summed E-state index contributed by atoms with van der Waals surface area (Å²) in [7, 11) is 1.62. The van der Waals surface area contributed by atoms with E-state index >= 15 is 0 Å². The molecule has 2 aromatic carbocycles. The Kier molecular flexibility index (Phi) is 8.10. The lowest BCUT2D eigenvalue weighted by Crippen LogP contribution is -2.17. The van der Waals surface area contributed by atoms with Gasteiger partial charge in [-0.1, -0.05) is 31.7 Å². The van der Waals surface area contributed by atoms with Gasteiger partial charge in [0.15, 0.2) is 17.1 Å². The van der Waals surface area contributed by atoms with E-state index in [1.807, 2.05) is 35.8 Å². The molecule has 0 aliphatic heterocycles. The minimum atomic E-state index is -0.400. The van der Waals surface area contributed by atoms with Gasteiger partial charge in [-0.05, 0) is 55.3 Å². The molecule has 1 N–H and O–H groups in total. The number of aromatic nitrogens is 3. The number of anilines is 1. The highest BCUT2D eigenvalue weighted by Gasteiger charge is 2.21. The van der Waals surface area contributed by atoms with Crippen molar-refractivity contribution >= 4 is 23.4 Å². The van der Waals surface area contributed by atoms with Crippen LogP contribution in [-0.2, 0) is 11.3 Å². The van der Waals surface area contributed by atoms with Crippen molar-refractivity contribution in [3.05, 3.63) is 60.2 Å². The molecule has 0 saturated carbocycles. The molecule has 0 aliphatic carbocycles. The first kappa shape index (κ1) is 23.6. The van der Waals surface area contributed by atoms with Gasteiger partial charge in [-0.25, -0.2) is 4.39 Å². The Morgan fingerprint density at radius 1 is 1.12 bits per heavy atom. The Morgan fingerprint density at radius 3 is 2.50 bits per heavy atom. The topological polar surface area (TPSA) is 78.3 Å². The average Bonchev–Trinajstić information content (AvgIpc) is 3.14. The lowest BCUT2D eigenvalue weighted by Gasteiger charge is -2.18. The summed E-state index contributed by atoms with van der Waals surface area (Å²) in [5.41, 5.74) is 0.418.